The summed E-state index contributed by atoms with van der Waals surface area (Å²) < 4.78 is 0. The minimum absolute atomic E-state index is 0.572. The largest absolute Gasteiger partial charge is 0.305 e. The smallest absolute Gasteiger partial charge is 0.0607 e. The SMILES string of the molecule is C#CCNCCN(CCNCC#C)CCN(CC#C)CC#C. The number of nitrogens with zero attached hydrogens (tertiary/aromatic N) is 2. The molecule has 0 saturated heterocycles. The van der Waals surface area contributed by atoms with Crippen LogP contribution in [0.5, 0.6) is 0 Å². The van der Waals surface area contributed by atoms with Crippen LogP contribution in [0.3, 0.4) is 0 Å². The summed E-state index contributed by atoms with van der Waals surface area (Å²) in [6, 6.07) is 0. The fraction of sp³-hybridized carbons (Fsp3) is 0.556. The second-order valence-electron chi connectivity index (χ2n) is 4.72. The zero-order chi connectivity index (χ0) is 16.5. The summed E-state index contributed by atoms with van der Waals surface area (Å²) >= 11 is 0. The van der Waals surface area contributed by atoms with E-state index in [1.54, 1.807) is 0 Å². The van der Waals surface area contributed by atoms with Crippen LogP contribution in [0, 0.1) is 49.4 Å². The third-order valence-corrected chi connectivity index (χ3v) is 3.03. The normalized spacial score (nSPS) is 9.91. The van der Waals surface area contributed by atoms with E-state index in [0.29, 0.717) is 26.2 Å². The van der Waals surface area contributed by atoms with Gasteiger partial charge in [-0.2, -0.15) is 0 Å². The number of rotatable bonds is 13. The van der Waals surface area contributed by atoms with Crippen molar-refractivity contribution in [1.29, 1.82) is 0 Å². The second-order valence-corrected chi connectivity index (χ2v) is 4.72. The Balaban J connectivity index is 4.19. The van der Waals surface area contributed by atoms with Gasteiger partial charge < -0.3 is 10.6 Å². The zero-order valence-electron chi connectivity index (χ0n) is 13.3. The van der Waals surface area contributed by atoms with Gasteiger partial charge in [0.05, 0.1) is 26.2 Å². The van der Waals surface area contributed by atoms with E-state index in [0.717, 1.165) is 39.3 Å². The lowest BCUT2D eigenvalue weighted by Gasteiger charge is -2.26. The van der Waals surface area contributed by atoms with Crippen LogP contribution >= 0.6 is 0 Å². The summed E-state index contributed by atoms with van der Waals surface area (Å²) in [4.78, 5) is 4.42. The third kappa shape index (κ3) is 11.9. The highest BCUT2D eigenvalue weighted by Gasteiger charge is 2.07. The first kappa shape index (κ1) is 20.1. The number of nitrogens with one attached hydrogen (secondary N) is 2. The fourth-order valence-corrected chi connectivity index (χ4v) is 1.89. The van der Waals surface area contributed by atoms with Crippen LogP contribution in [0.2, 0.25) is 0 Å². The monoisotopic (exact) mass is 298 g/mol. The fourth-order valence-electron chi connectivity index (χ4n) is 1.89. The molecule has 2 N–H and O–H groups in total. The molecule has 0 aromatic heterocycles. The standard InChI is InChI=1S/C18H26N4/c1-5-9-19-11-15-22(16-12-20-10-6-2)18-17-21(13-7-3)14-8-4/h1-4,19-20H,9-18H2. The van der Waals surface area contributed by atoms with Crippen LogP contribution < -0.4 is 10.6 Å². The van der Waals surface area contributed by atoms with E-state index in [4.69, 9.17) is 25.7 Å². The highest BCUT2D eigenvalue weighted by Crippen LogP contribution is 1.92. The van der Waals surface area contributed by atoms with Gasteiger partial charge in [0.25, 0.3) is 0 Å². The Kier molecular flexibility index (Phi) is 14.1. The Bertz CT molecular complexity index is 392. The number of terminal acetylenes is 4. The Labute approximate surface area is 136 Å². The van der Waals surface area contributed by atoms with E-state index in [2.05, 4.69) is 44.1 Å². The molecule has 0 aliphatic heterocycles. The quantitative estimate of drug-likeness (QED) is 0.348. The maximum absolute atomic E-state index is 5.36. The van der Waals surface area contributed by atoms with Crippen molar-refractivity contribution in [3.05, 3.63) is 0 Å². The van der Waals surface area contributed by atoms with Crippen molar-refractivity contribution in [2.45, 2.75) is 0 Å². The lowest BCUT2D eigenvalue weighted by atomic mass is 10.3. The van der Waals surface area contributed by atoms with E-state index in [1.807, 2.05) is 0 Å². The molecule has 0 heterocycles. The predicted molar refractivity (Wildman–Crippen MR) is 94.0 cm³/mol. The molecule has 0 fully saturated rings. The van der Waals surface area contributed by atoms with E-state index in [-0.39, 0.29) is 0 Å². The van der Waals surface area contributed by atoms with Gasteiger partial charge in [-0.05, 0) is 0 Å². The molecule has 4 nitrogen and oxygen atoms in total. The van der Waals surface area contributed by atoms with E-state index < -0.39 is 0 Å². The first-order chi connectivity index (χ1) is 10.8. The number of hydrogen-bond acceptors (Lipinski definition) is 4. The van der Waals surface area contributed by atoms with Crippen molar-refractivity contribution in [3.63, 3.8) is 0 Å². The Hall–Kier alpha value is -1.92. The van der Waals surface area contributed by atoms with Crippen LogP contribution in [0.15, 0.2) is 0 Å². The van der Waals surface area contributed by atoms with Crippen LogP contribution in [0.25, 0.3) is 0 Å². The molecule has 0 aromatic carbocycles. The van der Waals surface area contributed by atoms with Crippen molar-refractivity contribution in [2.24, 2.45) is 0 Å². The van der Waals surface area contributed by atoms with Crippen LogP contribution in [-0.2, 0) is 0 Å². The average molecular weight is 298 g/mol. The third-order valence-electron chi connectivity index (χ3n) is 3.03. The first-order valence-corrected chi connectivity index (χ1v) is 7.38. The first-order valence-electron chi connectivity index (χ1n) is 7.38. The molecule has 0 saturated carbocycles. The number of hydrogen-bond donors (Lipinski definition) is 2. The maximum Gasteiger partial charge on any atom is 0.0607 e. The molecule has 118 valence electrons. The summed E-state index contributed by atoms with van der Waals surface area (Å²) in [6.45, 7) is 7.60. The van der Waals surface area contributed by atoms with Gasteiger partial charge in [-0.15, -0.1) is 25.7 Å². The molecule has 0 rings (SSSR count). The van der Waals surface area contributed by atoms with Gasteiger partial charge in [0.1, 0.15) is 0 Å². The van der Waals surface area contributed by atoms with E-state index in [1.165, 1.54) is 0 Å². The predicted octanol–water partition coefficient (Wildman–Crippen LogP) is -0.698. The van der Waals surface area contributed by atoms with Crippen LogP contribution in [0.4, 0.5) is 0 Å². The molecule has 0 amide bonds. The van der Waals surface area contributed by atoms with Crippen molar-refractivity contribution >= 4 is 0 Å². The molecule has 0 aliphatic carbocycles. The topological polar surface area (TPSA) is 30.5 Å². The summed E-state index contributed by atoms with van der Waals surface area (Å²) in [5.74, 6) is 10.4. The average Bonchev–Trinajstić information content (AvgIpc) is 2.52. The molecule has 0 radical (unpaired) electrons. The summed E-state index contributed by atoms with van der Waals surface area (Å²) in [7, 11) is 0. The highest BCUT2D eigenvalue weighted by atomic mass is 15.2. The molecule has 0 bridgehead atoms. The van der Waals surface area contributed by atoms with Crippen LogP contribution in [-0.4, -0.2) is 75.2 Å². The Morgan fingerprint density at radius 3 is 1.45 bits per heavy atom. The molecule has 0 aromatic rings. The minimum atomic E-state index is 0.572. The van der Waals surface area contributed by atoms with Crippen molar-refractivity contribution < 1.29 is 0 Å². The maximum atomic E-state index is 5.36. The Morgan fingerprint density at radius 2 is 1.05 bits per heavy atom. The molecule has 0 aliphatic rings. The van der Waals surface area contributed by atoms with Crippen molar-refractivity contribution in [2.75, 3.05) is 65.4 Å². The van der Waals surface area contributed by atoms with Gasteiger partial charge in [0.2, 0.25) is 0 Å². The van der Waals surface area contributed by atoms with Gasteiger partial charge in [-0.1, -0.05) is 23.7 Å². The lowest BCUT2D eigenvalue weighted by Crippen LogP contribution is -2.41. The van der Waals surface area contributed by atoms with Gasteiger partial charge in [-0.3, -0.25) is 9.80 Å². The molecule has 0 spiro atoms. The molecule has 22 heavy (non-hydrogen) atoms. The molecule has 4 heteroatoms. The summed E-state index contributed by atoms with van der Waals surface area (Å²) in [5, 5.41) is 6.39. The summed E-state index contributed by atoms with van der Waals surface area (Å²) in [5.41, 5.74) is 0. The van der Waals surface area contributed by atoms with Crippen molar-refractivity contribution in [3.8, 4) is 49.4 Å². The van der Waals surface area contributed by atoms with Crippen LogP contribution in [0.1, 0.15) is 0 Å². The molecular weight excluding hydrogens is 272 g/mol. The minimum Gasteiger partial charge on any atom is -0.305 e. The summed E-state index contributed by atoms with van der Waals surface area (Å²) in [6.07, 6.45) is 21.2. The van der Waals surface area contributed by atoms with Gasteiger partial charge in [-0.25, -0.2) is 0 Å². The van der Waals surface area contributed by atoms with E-state index >= 15 is 0 Å². The van der Waals surface area contributed by atoms with E-state index in [9.17, 15) is 0 Å². The lowest BCUT2D eigenvalue weighted by molar-refractivity contribution is 0.228. The van der Waals surface area contributed by atoms with Gasteiger partial charge >= 0.3 is 0 Å². The molecular formula is C18H26N4. The van der Waals surface area contributed by atoms with Gasteiger partial charge in [0, 0.05) is 39.3 Å². The Morgan fingerprint density at radius 1 is 0.591 bits per heavy atom. The van der Waals surface area contributed by atoms with Gasteiger partial charge in [0.15, 0.2) is 0 Å². The zero-order valence-corrected chi connectivity index (χ0v) is 13.3. The highest BCUT2D eigenvalue weighted by molar-refractivity contribution is 4.94. The molecule has 0 atom stereocenters. The molecule has 0 unspecified atom stereocenters. The second kappa shape index (κ2) is 15.5. The van der Waals surface area contributed by atoms with Crippen molar-refractivity contribution in [1.82, 2.24) is 20.4 Å².